The lowest BCUT2D eigenvalue weighted by Gasteiger charge is -2.33. The minimum atomic E-state index is -0.969. The van der Waals surface area contributed by atoms with Crippen LogP contribution in [0.25, 0.3) is 0 Å². The third-order valence-corrected chi connectivity index (χ3v) is 4.54. The average Bonchev–Trinajstić information content (AvgIpc) is 2.34. The molecule has 1 aromatic carbocycles. The topological polar surface area (TPSA) is 60.8 Å². The van der Waals surface area contributed by atoms with Crippen molar-refractivity contribution in [3.63, 3.8) is 0 Å². The predicted octanol–water partition coefficient (Wildman–Crippen LogP) is 2.55. The van der Waals surface area contributed by atoms with Crippen LogP contribution in [-0.4, -0.2) is 45.6 Å². The van der Waals surface area contributed by atoms with Crippen molar-refractivity contribution in [2.45, 2.75) is 22.7 Å². The van der Waals surface area contributed by atoms with E-state index in [2.05, 4.69) is 0 Å². The average molecular weight is 288 g/mol. The Morgan fingerprint density at radius 2 is 2.06 bits per heavy atom. The Morgan fingerprint density at radius 1 is 1.39 bits per heavy atom. The highest BCUT2D eigenvalue weighted by molar-refractivity contribution is 8.00. The Morgan fingerprint density at radius 3 is 2.61 bits per heavy atom. The summed E-state index contributed by atoms with van der Waals surface area (Å²) >= 11 is 7.37. The van der Waals surface area contributed by atoms with E-state index in [1.807, 2.05) is 24.3 Å². The molecular formula is C12H14ClNO3S. The summed E-state index contributed by atoms with van der Waals surface area (Å²) in [4.78, 5) is 13.1. The highest BCUT2D eigenvalue weighted by Gasteiger charge is 2.30. The van der Waals surface area contributed by atoms with Gasteiger partial charge in [0.2, 0.25) is 0 Å². The fourth-order valence-electron chi connectivity index (χ4n) is 1.91. The van der Waals surface area contributed by atoms with Crippen LogP contribution in [0.2, 0.25) is 5.02 Å². The Kier molecular flexibility index (Phi) is 4.37. The van der Waals surface area contributed by atoms with Crippen LogP contribution in [0.15, 0.2) is 29.2 Å². The van der Waals surface area contributed by atoms with Crippen LogP contribution in [0.1, 0.15) is 6.42 Å². The number of halogens is 1. The van der Waals surface area contributed by atoms with E-state index < -0.39 is 12.2 Å². The number of hydrogen-bond acceptors (Lipinski definition) is 3. The minimum absolute atomic E-state index is 0.0294. The first kappa shape index (κ1) is 13.5. The number of aliphatic hydroxyl groups is 1. The molecule has 1 aromatic rings. The molecule has 4 nitrogen and oxygen atoms in total. The monoisotopic (exact) mass is 287 g/mol. The van der Waals surface area contributed by atoms with Crippen molar-refractivity contribution in [3.05, 3.63) is 29.3 Å². The number of thioether (sulfide) groups is 1. The first-order valence-corrected chi connectivity index (χ1v) is 6.90. The van der Waals surface area contributed by atoms with Gasteiger partial charge in [0, 0.05) is 21.7 Å². The second kappa shape index (κ2) is 5.82. The van der Waals surface area contributed by atoms with E-state index in [1.54, 1.807) is 11.8 Å². The maximum atomic E-state index is 10.8. The molecule has 2 N–H and O–H groups in total. The molecule has 0 spiro atoms. The van der Waals surface area contributed by atoms with Gasteiger partial charge in [-0.15, -0.1) is 11.8 Å². The van der Waals surface area contributed by atoms with Crippen molar-refractivity contribution in [1.29, 1.82) is 0 Å². The molecule has 2 rings (SSSR count). The van der Waals surface area contributed by atoms with Crippen molar-refractivity contribution in [2.24, 2.45) is 0 Å². The summed E-state index contributed by atoms with van der Waals surface area (Å²) in [7, 11) is 0. The SMILES string of the molecule is O=C(O)N1CCC(Sc2ccc(Cl)cc2)C(O)C1. The number of nitrogens with zero attached hydrogens (tertiary/aromatic N) is 1. The van der Waals surface area contributed by atoms with Crippen molar-refractivity contribution in [2.75, 3.05) is 13.1 Å². The molecule has 6 heteroatoms. The van der Waals surface area contributed by atoms with Crippen LogP contribution >= 0.6 is 23.4 Å². The molecule has 2 atom stereocenters. The molecule has 1 fully saturated rings. The van der Waals surface area contributed by atoms with Crippen LogP contribution in [0.5, 0.6) is 0 Å². The molecule has 98 valence electrons. The van der Waals surface area contributed by atoms with E-state index in [-0.39, 0.29) is 11.8 Å². The number of aliphatic hydroxyl groups excluding tert-OH is 1. The number of amides is 1. The third-order valence-electron chi connectivity index (χ3n) is 2.89. The molecule has 0 radical (unpaired) electrons. The third kappa shape index (κ3) is 3.31. The molecule has 0 aliphatic carbocycles. The maximum absolute atomic E-state index is 10.8. The van der Waals surface area contributed by atoms with Gasteiger partial charge in [0.05, 0.1) is 12.6 Å². The number of β-amino-alcohol motifs (C(OH)–C–C–N with tert-alkyl or cyclic N) is 1. The summed E-state index contributed by atoms with van der Waals surface area (Å²) in [6.45, 7) is 0.651. The lowest BCUT2D eigenvalue weighted by atomic mass is 10.1. The summed E-state index contributed by atoms with van der Waals surface area (Å²) in [6, 6.07) is 7.43. The normalized spacial score (nSPS) is 24.0. The van der Waals surface area contributed by atoms with Gasteiger partial charge < -0.3 is 15.1 Å². The van der Waals surface area contributed by atoms with Crippen molar-refractivity contribution < 1.29 is 15.0 Å². The fraction of sp³-hybridized carbons (Fsp3) is 0.417. The summed E-state index contributed by atoms with van der Waals surface area (Å²) < 4.78 is 0. The summed E-state index contributed by atoms with van der Waals surface area (Å²) in [6.07, 6.45) is -0.944. The smallest absolute Gasteiger partial charge is 0.407 e. The second-order valence-electron chi connectivity index (χ2n) is 4.19. The second-order valence-corrected chi connectivity index (χ2v) is 5.94. The molecule has 2 unspecified atom stereocenters. The molecule has 1 saturated heterocycles. The molecule has 1 aliphatic heterocycles. The van der Waals surface area contributed by atoms with Gasteiger partial charge in [-0.05, 0) is 30.7 Å². The predicted molar refractivity (Wildman–Crippen MR) is 71.3 cm³/mol. The van der Waals surface area contributed by atoms with Crippen LogP contribution < -0.4 is 0 Å². The van der Waals surface area contributed by atoms with Crippen molar-refractivity contribution in [1.82, 2.24) is 4.90 Å². The summed E-state index contributed by atoms with van der Waals surface area (Å²) in [5.41, 5.74) is 0. The van der Waals surface area contributed by atoms with Gasteiger partial charge in [0.1, 0.15) is 0 Å². The molecule has 1 aliphatic rings. The largest absolute Gasteiger partial charge is 0.465 e. The zero-order valence-electron chi connectivity index (χ0n) is 9.62. The van der Waals surface area contributed by atoms with E-state index in [0.717, 1.165) is 4.90 Å². The van der Waals surface area contributed by atoms with Gasteiger partial charge >= 0.3 is 6.09 Å². The fourth-order valence-corrected chi connectivity index (χ4v) is 3.14. The molecule has 0 bridgehead atoms. The molecule has 1 amide bonds. The Bertz CT molecular complexity index is 426. The van der Waals surface area contributed by atoms with Gasteiger partial charge in [0.15, 0.2) is 0 Å². The Labute approximate surface area is 115 Å². The van der Waals surface area contributed by atoms with Crippen LogP contribution in [0.4, 0.5) is 4.79 Å². The number of piperidine rings is 1. The Balaban J connectivity index is 1.95. The number of carboxylic acid groups (broad SMARTS) is 1. The van der Waals surface area contributed by atoms with Crippen LogP contribution in [0.3, 0.4) is 0 Å². The van der Waals surface area contributed by atoms with Crippen LogP contribution in [-0.2, 0) is 0 Å². The first-order chi connectivity index (χ1) is 8.56. The molecular weight excluding hydrogens is 274 g/mol. The van der Waals surface area contributed by atoms with Gasteiger partial charge in [-0.3, -0.25) is 0 Å². The Hall–Kier alpha value is -0.910. The lowest BCUT2D eigenvalue weighted by molar-refractivity contribution is 0.0703. The zero-order valence-corrected chi connectivity index (χ0v) is 11.2. The summed E-state index contributed by atoms with van der Waals surface area (Å²) in [5, 5.41) is 19.5. The standard InChI is InChI=1S/C12H14ClNO3S/c13-8-1-3-9(4-2-8)18-11-5-6-14(12(16)17)7-10(11)15/h1-4,10-11,15H,5-7H2,(H,16,17). The van der Waals surface area contributed by atoms with E-state index in [4.69, 9.17) is 16.7 Å². The lowest BCUT2D eigenvalue weighted by Crippen LogP contribution is -2.47. The molecule has 0 aromatic heterocycles. The number of likely N-dealkylation sites (tertiary alicyclic amines) is 1. The summed E-state index contributed by atoms with van der Waals surface area (Å²) in [5.74, 6) is 0. The number of carbonyl (C=O) groups is 1. The number of hydrogen-bond donors (Lipinski definition) is 2. The maximum Gasteiger partial charge on any atom is 0.407 e. The molecule has 1 heterocycles. The highest BCUT2D eigenvalue weighted by atomic mass is 35.5. The molecule has 18 heavy (non-hydrogen) atoms. The van der Waals surface area contributed by atoms with E-state index in [9.17, 15) is 9.90 Å². The number of benzene rings is 1. The van der Waals surface area contributed by atoms with Gasteiger partial charge in [-0.1, -0.05) is 11.6 Å². The zero-order chi connectivity index (χ0) is 13.1. The van der Waals surface area contributed by atoms with Gasteiger partial charge in [-0.25, -0.2) is 4.79 Å². The van der Waals surface area contributed by atoms with E-state index in [0.29, 0.717) is 18.0 Å². The van der Waals surface area contributed by atoms with Crippen LogP contribution in [0, 0.1) is 0 Å². The van der Waals surface area contributed by atoms with E-state index in [1.165, 1.54) is 4.90 Å². The minimum Gasteiger partial charge on any atom is -0.465 e. The first-order valence-electron chi connectivity index (χ1n) is 5.64. The van der Waals surface area contributed by atoms with E-state index >= 15 is 0 Å². The van der Waals surface area contributed by atoms with Crippen molar-refractivity contribution >= 4 is 29.5 Å². The highest BCUT2D eigenvalue weighted by Crippen LogP contribution is 2.31. The van der Waals surface area contributed by atoms with Gasteiger partial charge in [0.25, 0.3) is 0 Å². The van der Waals surface area contributed by atoms with Crippen molar-refractivity contribution in [3.8, 4) is 0 Å². The number of rotatable bonds is 2. The van der Waals surface area contributed by atoms with Gasteiger partial charge in [-0.2, -0.15) is 0 Å². The molecule has 0 saturated carbocycles. The quantitative estimate of drug-likeness (QED) is 0.877.